The Hall–Kier alpha value is -1.36. The summed E-state index contributed by atoms with van der Waals surface area (Å²) in [6, 6.07) is 2.41. The monoisotopic (exact) mass is 337 g/mol. The Morgan fingerprint density at radius 3 is 2.80 bits per heavy atom. The molecule has 25 heavy (non-hydrogen) atoms. The van der Waals surface area contributed by atoms with E-state index in [0.717, 1.165) is 18.8 Å². The average Bonchev–Trinajstić information content (AvgIpc) is 2.93. The molecule has 2 saturated carbocycles. The van der Waals surface area contributed by atoms with Crippen molar-refractivity contribution in [1.82, 2.24) is 0 Å². The molecule has 2 heteroatoms. The first-order chi connectivity index (χ1) is 11.9. The second-order valence-corrected chi connectivity index (χ2v) is 9.70. The van der Waals surface area contributed by atoms with Crippen LogP contribution < -0.4 is 0 Å². The van der Waals surface area contributed by atoms with Gasteiger partial charge in [-0.05, 0) is 84.2 Å². The highest BCUT2D eigenvalue weighted by Gasteiger charge is 2.58. The maximum atomic E-state index is 11.9. The number of allylic oxidation sites excluding steroid dienone is 4. The van der Waals surface area contributed by atoms with Gasteiger partial charge in [-0.2, -0.15) is 5.26 Å². The molecule has 0 N–H and O–H groups in total. The summed E-state index contributed by atoms with van der Waals surface area (Å²) < 4.78 is 0. The molecule has 0 radical (unpaired) electrons. The molecule has 4 rings (SSSR count). The Balaban J connectivity index is 1.66. The molecular weight excluding hydrogens is 306 g/mol. The van der Waals surface area contributed by atoms with Gasteiger partial charge < -0.3 is 0 Å². The number of hydrogen-bond acceptors (Lipinski definition) is 2. The van der Waals surface area contributed by atoms with Crippen molar-refractivity contribution in [2.45, 2.75) is 65.7 Å². The first-order valence-electron chi connectivity index (χ1n) is 10.2. The van der Waals surface area contributed by atoms with Crippen LogP contribution in [0.1, 0.15) is 65.7 Å². The van der Waals surface area contributed by atoms with Gasteiger partial charge in [0.05, 0.1) is 6.07 Å². The first-order valence-corrected chi connectivity index (χ1v) is 10.2. The molecule has 0 heterocycles. The minimum atomic E-state index is 0.199. The van der Waals surface area contributed by atoms with E-state index in [-0.39, 0.29) is 5.41 Å². The molecule has 4 aliphatic rings. The van der Waals surface area contributed by atoms with E-state index in [1.165, 1.54) is 31.3 Å². The van der Waals surface area contributed by atoms with E-state index in [1.54, 1.807) is 0 Å². The summed E-state index contributed by atoms with van der Waals surface area (Å²) in [6.45, 7) is 7.23. The SMILES string of the molecule is C[C@H](CC#N)[C@H]1CCC2C3C=CC4=CC(=O)CC[C@]4(C)C3CC[C@@]21C. The van der Waals surface area contributed by atoms with Crippen molar-refractivity contribution in [3.8, 4) is 6.07 Å². The summed E-state index contributed by atoms with van der Waals surface area (Å²) in [5.74, 6) is 3.63. The fraction of sp³-hybridized carbons (Fsp3) is 0.739. The predicted molar refractivity (Wildman–Crippen MR) is 99.5 cm³/mol. The van der Waals surface area contributed by atoms with Crippen LogP contribution in [-0.2, 0) is 4.79 Å². The van der Waals surface area contributed by atoms with Gasteiger partial charge in [0.25, 0.3) is 0 Å². The summed E-state index contributed by atoms with van der Waals surface area (Å²) >= 11 is 0. The molecule has 134 valence electrons. The van der Waals surface area contributed by atoms with Gasteiger partial charge in [-0.15, -0.1) is 0 Å². The van der Waals surface area contributed by atoms with E-state index in [9.17, 15) is 4.79 Å². The highest BCUT2D eigenvalue weighted by atomic mass is 16.1. The van der Waals surface area contributed by atoms with Crippen LogP contribution in [0.2, 0.25) is 0 Å². The zero-order valence-electron chi connectivity index (χ0n) is 15.9. The van der Waals surface area contributed by atoms with Crippen LogP contribution in [0.5, 0.6) is 0 Å². The van der Waals surface area contributed by atoms with Gasteiger partial charge in [0.2, 0.25) is 0 Å². The van der Waals surface area contributed by atoms with Gasteiger partial charge in [-0.3, -0.25) is 4.79 Å². The Kier molecular flexibility index (Phi) is 3.98. The van der Waals surface area contributed by atoms with E-state index in [2.05, 4.69) is 39.0 Å². The van der Waals surface area contributed by atoms with Crippen molar-refractivity contribution in [2.24, 2.45) is 40.4 Å². The number of rotatable bonds is 2. The quantitative estimate of drug-likeness (QED) is 0.671. The largest absolute Gasteiger partial charge is 0.295 e. The third-order valence-electron chi connectivity index (χ3n) is 8.69. The zero-order chi connectivity index (χ0) is 17.8. The molecule has 0 bridgehead atoms. The smallest absolute Gasteiger partial charge is 0.156 e. The van der Waals surface area contributed by atoms with E-state index in [0.29, 0.717) is 41.3 Å². The van der Waals surface area contributed by atoms with Crippen LogP contribution in [0.4, 0.5) is 0 Å². The van der Waals surface area contributed by atoms with Crippen LogP contribution in [0.15, 0.2) is 23.8 Å². The normalized spacial score (nSPS) is 46.5. The molecule has 2 fully saturated rings. The van der Waals surface area contributed by atoms with Crippen LogP contribution in [0, 0.1) is 51.8 Å². The van der Waals surface area contributed by atoms with Crippen LogP contribution in [0.25, 0.3) is 0 Å². The second-order valence-electron chi connectivity index (χ2n) is 9.70. The highest BCUT2D eigenvalue weighted by molar-refractivity contribution is 5.92. The first kappa shape index (κ1) is 17.1. The van der Waals surface area contributed by atoms with E-state index < -0.39 is 0 Å². The number of carbonyl (C=O) groups is 1. The van der Waals surface area contributed by atoms with Gasteiger partial charge in [0, 0.05) is 12.8 Å². The van der Waals surface area contributed by atoms with Gasteiger partial charge in [-0.25, -0.2) is 0 Å². The van der Waals surface area contributed by atoms with E-state index in [1.807, 2.05) is 6.08 Å². The number of fused-ring (bicyclic) bond motifs is 5. The Bertz CT molecular complexity index is 683. The van der Waals surface area contributed by atoms with Crippen molar-refractivity contribution in [3.05, 3.63) is 23.8 Å². The van der Waals surface area contributed by atoms with Crippen molar-refractivity contribution >= 4 is 5.78 Å². The summed E-state index contributed by atoms with van der Waals surface area (Å²) in [4.78, 5) is 11.9. The lowest BCUT2D eigenvalue weighted by Crippen LogP contribution is -2.49. The number of nitriles is 1. The Labute approximate surface area is 152 Å². The van der Waals surface area contributed by atoms with Crippen molar-refractivity contribution < 1.29 is 4.79 Å². The predicted octanol–water partition coefficient (Wildman–Crippen LogP) is 5.46. The highest BCUT2D eigenvalue weighted by Crippen LogP contribution is 2.66. The lowest BCUT2D eigenvalue weighted by atomic mass is 9.48. The Morgan fingerprint density at radius 1 is 1.24 bits per heavy atom. The van der Waals surface area contributed by atoms with Gasteiger partial charge in [-0.1, -0.05) is 32.9 Å². The van der Waals surface area contributed by atoms with Crippen LogP contribution in [0.3, 0.4) is 0 Å². The lowest BCUT2D eigenvalue weighted by molar-refractivity contribution is -0.116. The van der Waals surface area contributed by atoms with Crippen molar-refractivity contribution in [2.75, 3.05) is 0 Å². The molecule has 0 aromatic heterocycles. The molecular formula is C23H31NO. The number of hydrogen-bond donors (Lipinski definition) is 0. The molecule has 0 spiro atoms. The standard InChI is InChI=1S/C23H31NO/c1-15(10-13-24)19-6-7-20-18-5-4-16-14-17(25)8-11-22(16,2)21(18)9-12-23(19,20)3/h4-5,14-15,18-21H,6-12H2,1-3H3/t15-,18?,19-,20?,21?,22+,23-/m1/s1. The second kappa shape index (κ2) is 5.83. The minimum Gasteiger partial charge on any atom is -0.295 e. The third kappa shape index (κ3) is 2.38. The lowest BCUT2D eigenvalue weighted by Gasteiger charge is -2.56. The fourth-order valence-corrected chi connectivity index (χ4v) is 7.26. The molecule has 0 aliphatic heterocycles. The summed E-state index contributed by atoms with van der Waals surface area (Å²) in [5, 5.41) is 9.15. The molecule has 0 aromatic rings. The maximum Gasteiger partial charge on any atom is 0.156 e. The van der Waals surface area contributed by atoms with Crippen molar-refractivity contribution in [3.63, 3.8) is 0 Å². The molecule has 4 aliphatic carbocycles. The van der Waals surface area contributed by atoms with Gasteiger partial charge >= 0.3 is 0 Å². The summed E-state index contributed by atoms with van der Waals surface area (Å²) in [5.41, 5.74) is 1.88. The summed E-state index contributed by atoms with van der Waals surface area (Å²) in [6.07, 6.45) is 14.3. The minimum absolute atomic E-state index is 0.199. The van der Waals surface area contributed by atoms with Crippen LogP contribution >= 0.6 is 0 Å². The average molecular weight is 338 g/mol. The fourth-order valence-electron chi connectivity index (χ4n) is 7.26. The van der Waals surface area contributed by atoms with Gasteiger partial charge in [0.15, 0.2) is 5.78 Å². The Morgan fingerprint density at radius 2 is 2.04 bits per heavy atom. The number of nitrogens with zero attached hydrogens (tertiary/aromatic N) is 1. The summed E-state index contributed by atoms with van der Waals surface area (Å²) in [7, 11) is 0. The van der Waals surface area contributed by atoms with E-state index >= 15 is 0 Å². The number of carbonyl (C=O) groups excluding carboxylic acids is 1. The third-order valence-corrected chi connectivity index (χ3v) is 8.69. The molecule has 7 atom stereocenters. The zero-order valence-corrected chi connectivity index (χ0v) is 15.9. The number of ketones is 1. The molecule has 0 amide bonds. The topological polar surface area (TPSA) is 40.9 Å². The van der Waals surface area contributed by atoms with Gasteiger partial charge in [0.1, 0.15) is 0 Å². The molecule has 3 unspecified atom stereocenters. The van der Waals surface area contributed by atoms with Crippen molar-refractivity contribution in [1.29, 1.82) is 5.26 Å². The maximum absolute atomic E-state index is 11.9. The molecule has 2 nitrogen and oxygen atoms in total. The van der Waals surface area contributed by atoms with Crippen LogP contribution in [-0.4, -0.2) is 5.78 Å². The molecule has 0 saturated heterocycles. The molecule has 0 aromatic carbocycles. The van der Waals surface area contributed by atoms with E-state index in [4.69, 9.17) is 5.26 Å².